The van der Waals surface area contributed by atoms with Crippen LogP contribution in [0.5, 0.6) is 0 Å². The second-order valence-corrected chi connectivity index (χ2v) is 4.34. The van der Waals surface area contributed by atoms with E-state index in [1.165, 1.54) is 23.4 Å². The Labute approximate surface area is 123 Å². The third-order valence-corrected chi connectivity index (χ3v) is 2.80. The highest BCUT2D eigenvalue weighted by atomic mass is 35.5. The molecule has 0 aliphatic rings. The van der Waals surface area contributed by atoms with Crippen LogP contribution in [0.1, 0.15) is 10.5 Å². The molecule has 3 aromatic rings. The van der Waals surface area contributed by atoms with Crippen LogP contribution in [0.3, 0.4) is 0 Å². The molecule has 21 heavy (non-hydrogen) atoms. The second kappa shape index (κ2) is 5.63. The number of anilines is 1. The van der Waals surface area contributed by atoms with Gasteiger partial charge >= 0.3 is 0 Å². The lowest BCUT2D eigenvalue weighted by Gasteiger charge is -2.09. The number of hydrogen-bond acceptors (Lipinski definition) is 6. The van der Waals surface area contributed by atoms with Gasteiger partial charge in [0, 0.05) is 0 Å². The number of para-hydroxylation sites is 2. The Bertz CT molecular complexity index is 758. The summed E-state index contributed by atoms with van der Waals surface area (Å²) < 4.78 is 1.45. The summed E-state index contributed by atoms with van der Waals surface area (Å²) in [4.78, 5) is 19.9. The maximum absolute atomic E-state index is 12.1. The van der Waals surface area contributed by atoms with Crippen molar-refractivity contribution in [3.8, 4) is 5.69 Å². The van der Waals surface area contributed by atoms with Gasteiger partial charge in [-0.3, -0.25) is 4.79 Å². The van der Waals surface area contributed by atoms with Gasteiger partial charge in [-0.15, -0.1) is 5.10 Å². The summed E-state index contributed by atoms with van der Waals surface area (Å²) in [6, 6.07) is 7.11. The quantitative estimate of drug-likeness (QED) is 0.784. The zero-order valence-corrected chi connectivity index (χ0v) is 11.3. The summed E-state index contributed by atoms with van der Waals surface area (Å²) in [6.45, 7) is 0. The van der Waals surface area contributed by atoms with Crippen molar-refractivity contribution in [3.05, 3.63) is 53.8 Å². The van der Waals surface area contributed by atoms with Gasteiger partial charge in [-0.05, 0) is 22.6 Å². The molecule has 0 aliphatic carbocycles. The van der Waals surface area contributed by atoms with Crippen molar-refractivity contribution in [2.45, 2.75) is 0 Å². The van der Waals surface area contributed by atoms with E-state index in [-0.39, 0.29) is 10.8 Å². The van der Waals surface area contributed by atoms with Crippen LogP contribution in [-0.2, 0) is 0 Å². The van der Waals surface area contributed by atoms with E-state index in [1.807, 2.05) is 6.07 Å². The van der Waals surface area contributed by atoms with Crippen molar-refractivity contribution in [3.63, 3.8) is 0 Å². The minimum Gasteiger partial charge on any atom is -0.319 e. The maximum Gasteiger partial charge on any atom is 0.275 e. The van der Waals surface area contributed by atoms with Crippen molar-refractivity contribution >= 4 is 23.2 Å². The lowest BCUT2D eigenvalue weighted by molar-refractivity contribution is 0.102. The lowest BCUT2D eigenvalue weighted by atomic mass is 10.2. The molecule has 0 aliphatic heterocycles. The number of benzene rings is 1. The van der Waals surface area contributed by atoms with E-state index in [4.69, 9.17) is 11.6 Å². The van der Waals surface area contributed by atoms with Crippen LogP contribution in [0.15, 0.2) is 43.0 Å². The van der Waals surface area contributed by atoms with Crippen LogP contribution < -0.4 is 5.32 Å². The predicted octanol–water partition coefficient (Wildman–Crippen LogP) is 1.36. The highest BCUT2D eigenvalue weighted by Crippen LogP contribution is 2.19. The number of aromatic nitrogens is 6. The van der Waals surface area contributed by atoms with Crippen LogP contribution >= 0.6 is 11.6 Å². The average molecular weight is 302 g/mol. The predicted molar refractivity (Wildman–Crippen MR) is 74.1 cm³/mol. The summed E-state index contributed by atoms with van der Waals surface area (Å²) in [5, 5.41) is 13.9. The van der Waals surface area contributed by atoms with Gasteiger partial charge < -0.3 is 5.32 Å². The molecule has 0 spiro atoms. The van der Waals surface area contributed by atoms with Crippen LogP contribution in [0.4, 0.5) is 5.69 Å². The van der Waals surface area contributed by atoms with Gasteiger partial charge in [0.15, 0.2) is 0 Å². The molecule has 0 unspecified atom stereocenters. The number of hydrogen-bond donors (Lipinski definition) is 1. The molecule has 0 fully saturated rings. The molecule has 0 saturated carbocycles. The van der Waals surface area contributed by atoms with E-state index in [0.29, 0.717) is 11.4 Å². The highest BCUT2D eigenvalue weighted by Gasteiger charge is 2.12. The van der Waals surface area contributed by atoms with E-state index < -0.39 is 5.91 Å². The van der Waals surface area contributed by atoms with Gasteiger partial charge in [0.05, 0.1) is 23.8 Å². The molecular weight excluding hydrogens is 294 g/mol. The fourth-order valence-electron chi connectivity index (χ4n) is 1.67. The molecule has 9 heteroatoms. The second-order valence-electron chi connectivity index (χ2n) is 3.95. The molecule has 0 radical (unpaired) electrons. The molecular formula is C12H8ClN7O. The summed E-state index contributed by atoms with van der Waals surface area (Å²) in [5.41, 5.74) is 1.34. The first kappa shape index (κ1) is 13.1. The topological polar surface area (TPSA) is 98.5 Å². The standard InChI is InChI=1S/C12H8ClN7O/c13-11-6-14-9(5-15-11)12(21)17-8-3-1-2-4-10(8)20-7-16-18-19-20/h1-7H,(H,17,21). The number of nitrogens with one attached hydrogen (secondary N) is 1. The number of carbonyl (C=O) groups is 1. The Balaban J connectivity index is 1.88. The Morgan fingerprint density at radius 1 is 1.19 bits per heavy atom. The third kappa shape index (κ3) is 2.84. The van der Waals surface area contributed by atoms with Gasteiger partial charge in [0.2, 0.25) is 0 Å². The smallest absolute Gasteiger partial charge is 0.275 e. The van der Waals surface area contributed by atoms with E-state index in [9.17, 15) is 4.79 Å². The van der Waals surface area contributed by atoms with Gasteiger partial charge in [0.25, 0.3) is 5.91 Å². The molecule has 0 saturated heterocycles. The highest BCUT2D eigenvalue weighted by molar-refractivity contribution is 6.29. The number of carbonyl (C=O) groups excluding carboxylic acids is 1. The fraction of sp³-hybridized carbons (Fsp3) is 0. The zero-order chi connectivity index (χ0) is 14.7. The lowest BCUT2D eigenvalue weighted by Crippen LogP contribution is -2.15. The van der Waals surface area contributed by atoms with E-state index in [1.54, 1.807) is 18.2 Å². The molecule has 1 N–H and O–H groups in total. The maximum atomic E-state index is 12.1. The number of nitrogens with zero attached hydrogens (tertiary/aromatic N) is 6. The molecule has 8 nitrogen and oxygen atoms in total. The normalized spacial score (nSPS) is 10.3. The van der Waals surface area contributed by atoms with Crippen LogP contribution in [-0.4, -0.2) is 36.1 Å². The van der Waals surface area contributed by atoms with Gasteiger partial charge in [-0.25, -0.2) is 9.97 Å². The largest absolute Gasteiger partial charge is 0.319 e. The molecule has 3 rings (SSSR count). The SMILES string of the molecule is O=C(Nc1ccccc1-n1cnnn1)c1cnc(Cl)cn1. The van der Waals surface area contributed by atoms with Crippen LogP contribution in [0.2, 0.25) is 5.15 Å². The molecule has 0 atom stereocenters. The Morgan fingerprint density at radius 3 is 2.76 bits per heavy atom. The number of halogens is 1. The van der Waals surface area contributed by atoms with Crippen molar-refractivity contribution < 1.29 is 4.79 Å². The first-order chi connectivity index (χ1) is 10.2. The summed E-state index contributed by atoms with van der Waals surface area (Å²) in [7, 11) is 0. The molecule has 1 amide bonds. The summed E-state index contributed by atoms with van der Waals surface area (Å²) >= 11 is 5.64. The van der Waals surface area contributed by atoms with Crippen molar-refractivity contribution in [1.29, 1.82) is 0 Å². The van der Waals surface area contributed by atoms with Gasteiger partial charge in [-0.1, -0.05) is 23.7 Å². The Kier molecular flexibility index (Phi) is 3.52. The van der Waals surface area contributed by atoms with Crippen LogP contribution in [0.25, 0.3) is 5.69 Å². The number of tetrazole rings is 1. The van der Waals surface area contributed by atoms with E-state index in [0.717, 1.165) is 0 Å². The average Bonchev–Trinajstić information content (AvgIpc) is 3.02. The first-order valence-corrected chi connectivity index (χ1v) is 6.23. The molecule has 2 aromatic heterocycles. The van der Waals surface area contributed by atoms with E-state index >= 15 is 0 Å². The molecule has 104 valence electrons. The third-order valence-electron chi connectivity index (χ3n) is 2.60. The fourth-order valence-corrected chi connectivity index (χ4v) is 1.76. The summed E-state index contributed by atoms with van der Waals surface area (Å²) in [6.07, 6.45) is 4.05. The Morgan fingerprint density at radius 2 is 2.05 bits per heavy atom. The van der Waals surface area contributed by atoms with Gasteiger partial charge in [-0.2, -0.15) is 4.68 Å². The first-order valence-electron chi connectivity index (χ1n) is 5.85. The minimum atomic E-state index is -0.403. The monoisotopic (exact) mass is 301 g/mol. The van der Waals surface area contributed by atoms with Crippen LogP contribution in [0, 0.1) is 0 Å². The zero-order valence-electron chi connectivity index (χ0n) is 10.5. The number of amides is 1. The van der Waals surface area contributed by atoms with Crippen molar-refractivity contribution in [1.82, 2.24) is 30.2 Å². The molecule has 2 heterocycles. The number of rotatable bonds is 3. The molecule has 0 bridgehead atoms. The minimum absolute atomic E-state index is 0.158. The van der Waals surface area contributed by atoms with Crippen molar-refractivity contribution in [2.24, 2.45) is 0 Å². The van der Waals surface area contributed by atoms with E-state index in [2.05, 4.69) is 30.8 Å². The molecule has 1 aromatic carbocycles. The van der Waals surface area contributed by atoms with Gasteiger partial charge in [0.1, 0.15) is 17.2 Å². The Hall–Kier alpha value is -2.87. The van der Waals surface area contributed by atoms with Crippen molar-refractivity contribution in [2.75, 3.05) is 5.32 Å². The summed E-state index contributed by atoms with van der Waals surface area (Å²) in [5.74, 6) is -0.403.